The number of aliphatic hydroxyl groups excluding tert-OH is 2. The molecule has 0 aliphatic carbocycles. The summed E-state index contributed by atoms with van der Waals surface area (Å²) < 4.78 is 4.85. The molecular formula is C7H10O3. The summed E-state index contributed by atoms with van der Waals surface area (Å²) in [6, 6.07) is 3.29. The van der Waals surface area contributed by atoms with Crippen LogP contribution in [0.5, 0.6) is 0 Å². The molecular weight excluding hydrogens is 132 g/mol. The molecule has 1 aromatic rings. The first kappa shape index (κ1) is 7.31. The molecule has 0 amide bonds. The van der Waals surface area contributed by atoms with Crippen molar-refractivity contribution >= 4 is 0 Å². The quantitative estimate of drug-likeness (QED) is 0.638. The van der Waals surface area contributed by atoms with E-state index in [0.717, 1.165) is 0 Å². The van der Waals surface area contributed by atoms with Crippen molar-refractivity contribution in [2.75, 3.05) is 0 Å². The first-order valence-electron chi connectivity index (χ1n) is 3.11. The van der Waals surface area contributed by atoms with E-state index in [1.54, 1.807) is 12.1 Å². The van der Waals surface area contributed by atoms with Crippen LogP contribution in [0.4, 0.5) is 0 Å². The van der Waals surface area contributed by atoms with Crippen LogP contribution in [0.25, 0.3) is 0 Å². The van der Waals surface area contributed by atoms with Crippen LogP contribution in [-0.4, -0.2) is 16.3 Å². The Hall–Kier alpha value is -0.800. The van der Waals surface area contributed by atoms with Gasteiger partial charge in [-0.2, -0.15) is 0 Å². The lowest BCUT2D eigenvalue weighted by Crippen LogP contribution is -2.12. The van der Waals surface area contributed by atoms with Gasteiger partial charge >= 0.3 is 0 Å². The first-order chi connectivity index (χ1) is 4.72. The normalized spacial score (nSPS) is 16.7. The third-order valence-electron chi connectivity index (χ3n) is 1.29. The average molecular weight is 142 g/mol. The van der Waals surface area contributed by atoms with Crippen LogP contribution in [0.15, 0.2) is 22.8 Å². The number of furan rings is 1. The highest BCUT2D eigenvalue weighted by atomic mass is 16.4. The van der Waals surface area contributed by atoms with Crippen LogP contribution >= 0.6 is 0 Å². The zero-order valence-corrected chi connectivity index (χ0v) is 5.69. The molecule has 0 radical (unpaired) electrons. The van der Waals surface area contributed by atoms with Gasteiger partial charge in [0.2, 0.25) is 0 Å². The molecule has 0 aliphatic rings. The van der Waals surface area contributed by atoms with Crippen LogP contribution in [0.3, 0.4) is 0 Å². The minimum atomic E-state index is -0.907. The summed E-state index contributed by atoms with van der Waals surface area (Å²) in [4.78, 5) is 0. The maximum absolute atomic E-state index is 9.14. The molecule has 0 saturated heterocycles. The Kier molecular flexibility index (Phi) is 2.09. The van der Waals surface area contributed by atoms with Crippen LogP contribution in [0.1, 0.15) is 18.8 Å². The fourth-order valence-electron chi connectivity index (χ4n) is 0.697. The van der Waals surface area contributed by atoms with Gasteiger partial charge < -0.3 is 14.6 Å². The van der Waals surface area contributed by atoms with Gasteiger partial charge in [-0.15, -0.1) is 0 Å². The van der Waals surface area contributed by atoms with Crippen molar-refractivity contribution in [1.82, 2.24) is 0 Å². The van der Waals surface area contributed by atoms with Crippen LogP contribution in [0.2, 0.25) is 0 Å². The van der Waals surface area contributed by atoms with Crippen molar-refractivity contribution in [1.29, 1.82) is 0 Å². The standard InChI is InChI=1S/C7H10O3/c1-5(8)7(9)6-3-2-4-10-6/h2-5,7-9H,1H3. The summed E-state index contributed by atoms with van der Waals surface area (Å²) in [5, 5.41) is 18.0. The molecule has 0 saturated carbocycles. The van der Waals surface area contributed by atoms with Gasteiger partial charge in [-0.05, 0) is 19.1 Å². The lowest BCUT2D eigenvalue weighted by atomic mass is 10.2. The summed E-state index contributed by atoms with van der Waals surface area (Å²) in [7, 11) is 0. The summed E-state index contributed by atoms with van der Waals surface area (Å²) in [6.45, 7) is 1.51. The van der Waals surface area contributed by atoms with Gasteiger partial charge in [-0.3, -0.25) is 0 Å². The van der Waals surface area contributed by atoms with E-state index >= 15 is 0 Å². The van der Waals surface area contributed by atoms with E-state index in [1.807, 2.05) is 0 Å². The fraction of sp³-hybridized carbons (Fsp3) is 0.429. The van der Waals surface area contributed by atoms with Crippen LogP contribution in [-0.2, 0) is 0 Å². The van der Waals surface area contributed by atoms with Gasteiger partial charge in [0.1, 0.15) is 11.9 Å². The molecule has 1 rings (SSSR count). The lowest BCUT2D eigenvalue weighted by Gasteiger charge is -2.09. The molecule has 0 fully saturated rings. The molecule has 56 valence electrons. The molecule has 2 atom stereocenters. The summed E-state index contributed by atoms with van der Waals surface area (Å²) in [5.41, 5.74) is 0. The highest BCUT2D eigenvalue weighted by Crippen LogP contribution is 2.15. The van der Waals surface area contributed by atoms with Gasteiger partial charge in [0.25, 0.3) is 0 Å². The molecule has 10 heavy (non-hydrogen) atoms. The van der Waals surface area contributed by atoms with E-state index in [2.05, 4.69) is 0 Å². The number of rotatable bonds is 2. The largest absolute Gasteiger partial charge is 0.466 e. The molecule has 1 aromatic heterocycles. The van der Waals surface area contributed by atoms with Gasteiger partial charge in [0.15, 0.2) is 0 Å². The molecule has 3 heteroatoms. The second-order valence-electron chi connectivity index (χ2n) is 2.20. The van der Waals surface area contributed by atoms with E-state index < -0.39 is 12.2 Å². The topological polar surface area (TPSA) is 53.6 Å². The van der Waals surface area contributed by atoms with E-state index in [1.165, 1.54) is 13.2 Å². The molecule has 0 aliphatic heterocycles. The van der Waals surface area contributed by atoms with Crippen molar-refractivity contribution in [2.45, 2.75) is 19.1 Å². The summed E-state index contributed by atoms with van der Waals surface area (Å²) in [6.07, 6.45) is -0.234. The lowest BCUT2D eigenvalue weighted by molar-refractivity contribution is 0.0169. The third kappa shape index (κ3) is 1.37. The summed E-state index contributed by atoms with van der Waals surface area (Å²) in [5.74, 6) is 0.398. The Morgan fingerprint density at radius 2 is 2.20 bits per heavy atom. The van der Waals surface area contributed by atoms with E-state index in [-0.39, 0.29) is 0 Å². The Labute approximate surface area is 58.9 Å². The highest BCUT2D eigenvalue weighted by molar-refractivity contribution is 5.02. The van der Waals surface area contributed by atoms with Gasteiger partial charge in [-0.25, -0.2) is 0 Å². The van der Waals surface area contributed by atoms with Crippen LogP contribution in [0, 0.1) is 0 Å². The zero-order chi connectivity index (χ0) is 7.56. The molecule has 2 unspecified atom stereocenters. The smallest absolute Gasteiger partial charge is 0.137 e. The highest BCUT2D eigenvalue weighted by Gasteiger charge is 2.15. The molecule has 0 aromatic carbocycles. The Morgan fingerprint density at radius 3 is 2.60 bits per heavy atom. The average Bonchev–Trinajstić information content (AvgIpc) is 2.36. The Balaban J connectivity index is 2.68. The monoisotopic (exact) mass is 142 g/mol. The zero-order valence-electron chi connectivity index (χ0n) is 5.69. The Bertz CT molecular complexity index is 179. The van der Waals surface area contributed by atoms with E-state index in [4.69, 9.17) is 14.6 Å². The van der Waals surface area contributed by atoms with E-state index in [0.29, 0.717) is 5.76 Å². The van der Waals surface area contributed by atoms with Crippen molar-refractivity contribution in [3.63, 3.8) is 0 Å². The second-order valence-corrected chi connectivity index (χ2v) is 2.20. The molecule has 0 spiro atoms. The number of hydrogen-bond acceptors (Lipinski definition) is 3. The molecule has 1 heterocycles. The van der Waals surface area contributed by atoms with Gasteiger partial charge in [-0.1, -0.05) is 0 Å². The molecule has 3 nitrogen and oxygen atoms in total. The van der Waals surface area contributed by atoms with Gasteiger partial charge in [0, 0.05) is 0 Å². The van der Waals surface area contributed by atoms with Gasteiger partial charge in [0.05, 0.1) is 12.4 Å². The molecule has 2 N–H and O–H groups in total. The predicted octanol–water partition coefficient (Wildman–Crippen LogP) is 0.694. The van der Waals surface area contributed by atoms with Crippen LogP contribution < -0.4 is 0 Å². The number of hydrogen-bond donors (Lipinski definition) is 2. The molecule has 0 bridgehead atoms. The number of aliphatic hydroxyl groups is 2. The predicted molar refractivity (Wildman–Crippen MR) is 35.3 cm³/mol. The van der Waals surface area contributed by atoms with E-state index in [9.17, 15) is 0 Å². The second kappa shape index (κ2) is 2.86. The minimum Gasteiger partial charge on any atom is -0.466 e. The summed E-state index contributed by atoms with van der Waals surface area (Å²) >= 11 is 0. The SMILES string of the molecule is CC(O)C(O)c1ccco1. The van der Waals surface area contributed by atoms with Crippen molar-refractivity contribution < 1.29 is 14.6 Å². The van der Waals surface area contributed by atoms with Crippen molar-refractivity contribution in [3.05, 3.63) is 24.2 Å². The third-order valence-corrected chi connectivity index (χ3v) is 1.29. The Morgan fingerprint density at radius 1 is 1.50 bits per heavy atom. The maximum Gasteiger partial charge on any atom is 0.137 e. The van der Waals surface area contributed by atoms with Crippen molar-refractivity contribution in [2.24, 2.45) is 0 Å². The maximum atomic E-state index is 9.14. The minimum absolute atomic E-state index is 0.398. The van der Waals surface area contributed by atoms with Crippen molar-refractivity contribution in [3.8, 4) is 0 Å². The first-order valence-corrected chi connectivity index (χ1v) is 3.11. The fourth-order valence-corrected chi connectivity index (χ4v) is 0.697.